The number of aromatic nitrogens is 1. The van der Waals surface area contributed by atoms with Gasteiger partial charge in [-0.1, -0.05) is 19.8 Å². The van der Waals surface area contributed by atoms with Gasteiger partial charge in [-0.25, -0.2) is 0 Å². The number of carboxylic acids is 1. The van der Waals surface area contributed by atoms with Crippen LogP contribution >= 0.6 is 0 Å². The van der Waals surface area contributed by atoms with E-state index >= 15 is 0 Å². The number of nitrogens with zero attached hydrogens (tertiary/aromatic N) is 1. The molecule has 116 valence electrons. The summed E-state index contributed by atoms with van der Waals surface area (Å²) >= 11 is 0. The van der Waals surface area contributed by atoms with Gasteiger partial charge in [0.25, 0.3) is 5.91 Å². The normalized spacial score (nSPS) is 22.0. The summed E-state index contributed by atoms with van der Waals surface area (Å²) in [5.41, 5.74) is 0.652. The molecule has 0 aromatic carbocycles. The number of hydrogen-bond acceptors (Lipinski definition) is 2. The lowest BCUT2D eigenvalue weighted by Crippen LogP contribution is -2.37. The predicted octanol–water partition coefficient (Wildman–Crippen LogP) is 2.52. The Hall–Kier alpha value is -1.78. The molecule has 5 nitrogen and oxygen atoms in total. The molecule has 0 saturated heterocycles. The van der Waals surface area contributed by atoms with Crippen molar-refractivity contribution in [2.24, 2.45) is 11.8 Å². The van der Waals surface area contributed by atoms with Gasteiger partial charge in [-0.3, -0.25) is 9.59 Å². The van der Waals surface area contributed by atoms with Gasteiger partial charge in [-0.2, -0.15) is 0 Å². The highest BCUT2D eigenvalue weighted by molar-refractivity contribution is 5.92. The van der Waals surface area contributed by atoms with Crippen molar-refractivity contribution in [2.75, 3.05) is 6.54 Å². The Balaban J connectivity index is 1.93. The molecule has 2 N–H and O–H groups in total. The number of hydrogen-bond donors (Lipinski definition) is 2. The molecule has 1 aliphatic rings. The van der Waals surface area contributed by atoms with Crippen LogP contribution in [0.15, 0.2) is 18.3 Å². The molecular formula is C16H24N2O3. The summed E-state index contributed by atoms with van der Waals surface area (Å²) in [7, 11) is 0. The van der Waals surface area contributed by atoms with Gasteiger partial charge in [0.2, 0.25) is 0 Å². The largest absolute Gasteiger partial charge is 0.481 e. The molecule has 21 heavy (non-hydrogen) atoms. The summed E-state index contributed by atoms with van der Waals surface area (Å²) in [6.45, 7) is 3.34. The number of nitrogens with one attached hydrogen (secondary N) is 1. The first-order valence-corrected chi connectivity index (χ1v) is 7.79. The molecule has 2 unspecified atom stereocenters. The number of rotatable bonds is 6. The van der Waals surface area contributed by atoms with Crippen molar-refractivity contribution >= 4 is 11.9 Å². The summed E-state index contributed by atoms with van der Waals surface area (Å²) < 4.78 is 1.94. The van der Waals surface area contributed by atoms with Crippen molar-refractivity contribution in [3.63, 3.8) is 0 Å². The second-order valence-corrected chi connectivity index (χ2v) is 5.79. The number of aliphatic carboxylic acids is 1. The first-order chi connectivity index (χ1) is 10.1. The third-order valence-electron chi connectivity index (χ3n) is 4.28. The van der Waals surface area contributed by atoms with Crippen molar-refractivity contribution in [2.45, 2.75) is 45.6 Å². The molecule has 2 rings (SSSR count). The lowest BCUT2D eigenvalue weighted by Gasteiger charge is -2.28. The van der Waals surface area contributed by atoms with Crippen LogP contribution in [0.2, 0.25) is 0 Å². The fourth-order valence-corrected chi connectivity index (χ4v) is 3.15. The van der Waals surface area contributed by atoms with Gasteiger partial charge in [0.15, 0.2) is 0 Å². The molecule has 5 heteroatoms. The third kappa shape index (κ3) is 3.86. The maximum absolute atomic E-state index is 12.2. The van der Waals surface area contributed by atoms with E-state index < -0.39 is 5.97 Å². The lowest BCUT2D eigenvalue weighted by molar-refractivity contribution is -0.144. The topological polar surface area (TPSA) is 71.3 Å². The Bertz CT molecular complexity index is 495. The Labute approximate surface area is 125 Å². The zero-order chi connectivity index (χ0) is 15.2. The van der Waals surface area contributed by atoms with E-state index in [1.807, 2.05) is 16.8 Å². The molecule has 1 amide bonds. The molecular weight excluding hydrogens is 268 g/mol. The maximum Gasteiger partial charge on any atom is 0.306 e. The molecule has 0 aliphatic heterocycles. The van der Waals surface area contributed by atoms with Gasteiger partial charge >= 0.3 is 5.97 Å². The molecule has 1 heterocycles. The molecule has 1 aromatic rings. The monoisotopic (exact) mass is 292 g/mol. The summed E-state index contributed by atoms with van der Waals surface area (Å²) in [6, 6.07) is 3.67. The van der Waals surface area contributed by atoms with Crippen LogP contribution in [0.3, 0.4) is 0 Å². The second kappa shape index (κ2) is 7.29. The molecule has 0 radical (unpaired) electrons. The van der Waals surface area contributed by atoms with E-state index in [1.165, 1.54) is 0 Å². The van der Waals surface area contributed by atoms with Gasteiger partial charge in [0.1, 0.15) is 5.69 Å². The highest BCUT2D eigenvalue weighted by atomic mass is 16.4. The van der Waals surface area contributed by atoms with E-state index in [0.29, 0.717) is 12.2 Å². The average molecular weight is 292 g/mol. The van der Waals surface area contributed by atoms with Gasteiger partial charge in [-0.05, 0) is 37.3 Å². The van der Waals surface area contributed by atoms with Crippen molar-refractivity contribution in [1.82, 2.24) is 9.88 Å². The highest BCUT2D eigenvalue weighted by Crippen LogP contribution is 2.29. The Morgan fingerprint density at radius 2 is 2.14 bits per heavy atom. The van der Waals surface area contributed by atoms with Crippen molar-refractivity contribution in [3.8, 4) is 0 Å². The Morgan fingerprint density at radius 1 is 1.38 bits per heavy atom. The molecule has 1 fully saturated rings. The Kier molecular flexibility index (Phi) is 5.42. The summed E-state index contributed by atoms with van der Waals surface area (Å²) in [5.74, 6) is -1.11. The van der Waals surface area contributed by atoms with E-state index in [-0.39, 0.29) is 17.7 Å². The zero-order valence-electron chi connectivity index (χ0n) is 12.5. The van der Waals surface area contributed by atoms with E-state index in [2.05, 4.69) is 12.2 Å². The van der Waals surface area contributed by atoms with Crippen LogP contribution in [-0.4, -0.2) is 28.1 Å². The maximum atomic E-state index is 12.2. The quantitative estimate of drug-likeness (QED) is 0.846. The Morgan fingerprint density at radius 3 is 2.86 bits per heavy atom. The van der Waals surface area contributed by atoms with Crippen LogP contribution in [0.4, 0.5) is 0 Å². The first kappa shape index (κ1) is 15.6. The number of carbonyl (C=O) groups is 2. The average Bonchev–Trinajstić information content (AvgIpc) is 2.93. The number of amides is 1. The van der Waals surface area contributed by atoms with Gasteiger partial charge in [0, 0.05) is 19.3 Å². The van der Waals surface area contributed by atoms with E-state index in [1.54, 1.807) is 6.07 Å². The minimum atomic E-state index is -0.733. The van der Waals surface area contributed by atoms with Gasteiger partial charge < -0.3 is 15.0 Å². The molecule has 2 atom stereocenters. The summed E-state index contributed by atoms with van der Waals surface area (Å²) in [5, 5.41) is 12.2. The first-order valence-electron chi connectivity index (χ1n) is 7.79. The van der Waals surface area contributed by atoms with Gasteiger partial charge in [-0.15, -0.1) is 0 Å². The lowest BCUT2D eigenvalue weighted by atomic mass is 9.79. The minimum absolute atomic E-state index is 0.0507. The highest BCUT2D eigenvalue weighted by Gasteiger charge is 2.30. The van der Waals surface area contributed by atoms with Crippen LogP contribution < -0.4 is 5.32 Å². The van der Waals surface area contributed by atoms with Gasteiger partial charge in [0.05, 0.1) is 5.92 Å². The van der Waals surface area contributed by atoms with Crippen molar-refractivity contribution in [1.29, 1.82) is 0 Å². The number of carboxylic acid groups (broad SMARTS) is 1. The van der Waals surface area contributed by atoms with Crippen LogP contribution in [0.1, 0.15) is 49.5 Å². The fourth-order valence-electron chi connectivity index (χ4n) is 3.15. The van der Waals surface area contributed by atoms with Crippen molar-refractivity contribution < 1.29 is 14.7 Å². The van der Waals surface area contributed by atoms with Crippen LogP contribution in [0, 0.1) is 11.8 Å². The zero-order valence-corrected chi connectivity index (χ0v) is 12.5. The third-order valence-corrected chi connectivity index (χ3v) is 4.28. The number of carbonyl (C=O) groups excluding carboxylic acids is 1. The van der Waals surface area contributed by atoms with E-state index in [4.69, 9.17) is 0 Å². The molecule has 1 aromatic heterocycles. The van der Waals surface area contributed by atoms with Crippen LogP contribution in [-0.2, 0) is 11.3 Å². The molecule has 0 bridgehead atoms. The second-order valence-electron chi connectivity index (χ2n) is 5.79. The number of aryl methyl sites for hydroxylation is 1. The smallest absolute Gasteiger partial charge is 0.306 e. The van der Waals surface area contributed by atoms with Crippen molar-refractivity contribution in [3.05, 3.63) is 24.0 Å². The van der Waals surface area contributed by atoms with E-state index in [9.17, 15) is 14.7 Å². The van der Waals surface area contributed by atoms with Crippen LogP contribution in [0.5, 0.6) is 0 Å². The van der Waals surface area contributed by atoms with E-state index in [0.717, 1.165) is 38.6 Å². The molecule has 0 spiro atoms. The summed E-state index contributed by atoms with van der Waals surface area (Å²) in [4.78, 5) is 23.5. The van der Waals surface area contributed by atoms with Crippen LogP contribution in [0.25, 0.3) is 0 Å². The standard InChI is InChI=1S/C16H24N2O3/c1-2-9-18-10-5-8-14(18)15(19)17-11-12-6-3-4-7-13(12)16(20)21/h5,8,10,12-13H,2-4,6-7,9,11H2,1H3,(H,17,19)(H,20,21). The minimum Gasteiger partial charge on any atom is -0.481 e. The SMILES string of the molecule is CCCn1cccc1C(=O)NCC1CCCCC1C(=O)O. The summed E-state index contributed by atoms with van der Waals surface area (Å²) in [6.07, 6.45) is 6.50. The molecule has 1 aliphatic carbocycles. The molecule has 1 saturated carbocycles. The predicted molar refractivity (Wildman–Crippen MR) is 80.1 cm³/mol. The fraction of sp³-hybridized carbons (Fsp3) is 0.625.